The van der Waals surface area contributed by atoms with Crippen molar-refractivity contribution in [2.75, 3.05) is 7.05 Å². The van der Waals surface area contributed by atoms with Crippen LogP contribution in [0.1, 0.15) is 40.6 Å². The third kappa shape index (κ3) is 3.33. The number of thiophene rings is 1. The van der Waals surface area contributed by atoms with Crippen LogP contribution in [0, 0.1) is 0 Å². The van der Waals surface area contributed by atoms with Crippen molar-refractivity contribution < 1.29 is 4.79 Å². The van der Waals surface area contributed by atoms with E-state index in [0.29, 0.717) is 22.4 Å². The summed E-state index contributed by atoms with van der Waals surface area (Å²) in [4.78, 5) is 15.1. The molecule has 24 heavy (non-hydrogen) atoms. The Labute approximate surface area is 151 Å². The number of carbonyl (C=O) groups excluding carboxylic acids is 1. The maximum Gasteiger partial charge on any atom is 0.265 e. The highest BCUT2D eigenvalue weighted by Crippen LogP contribution is 2.35. The highest BCUT2D eigenvalue weighted by molar-refractivity contribution is 7.21. The largest absolute Gasteiger partial charge is 0.337 e. The van der Waals surface area contributed by atoms with Gasteiger partial charge in [-0.25, -0.2) is 0 Å². The van der Waals surface area contributed by atoms with Crippen LogP contribution in [-0.2, 0) is 6.54 Å². The number of nitrogens with zero attached hydrogens (tertiary/aromatic N) is 1. The van der Waals surface area contributed by atoms with Crippen molar-refractivity contribution in [2.45, 2.75) is 26.3 Å². The van der Waals surface area contributed by atoms with E-state index in [9.17, 15) is 4.79 Å². The minimum Gasteiger partial charge on any atom is -0.337 e. The van der Waals surface area contributed by atoms with Crippen LogP contribution >= 0.6 is 22.9 Å². The van der Waals surface area contributed by atoms with Crippen molar-refractivity contribution >= 4 is 38.9 Å². The second-order valence-electron chi connectivity index (χ2n) is 6.30. The Hall–Kier alpha value is -1.84. The number of halogens is 1. The zero-order chi connectivity index (χ0) is 17.3. The van der Waals surface area contributed by atoms with Gasteiger partial charge in [0.2, 0.25) is 0 Å². The van der Waals surface area contributed by atoms with Crippen molar-refractivity contribution in [3.8, 4) is 0 Å². The number of hydrogen-bond donors (Lipinski definition) is 0. The molecule has 0 aliphatic rings. The molecule has 1 heterocycles. The molecule has 4 heteroatoms. The first-order chi connectivity index (χ1) is 11.5. The van der Waals surface area contributed by atoms with E-state index >= 15 is 0 Å². The molecule has 1 amide bonds. The van der Waals surface area contributed by atoms with Crippen molar-refractivity contribution in [3.05, 3.63) is 69.6 Å². The number of benzene rings is 2. The highest BCUT2D eigenvalue weighted by Gasteiger charge is 2.20. The van der Waals surface area contributed by atoms with Crippen LogP contribution in [-0.4, -0.2) is 17.9 Å². The molecular formula is C20H20ClNOS. The van der Waals surface area contributed by atoms with E-state index < -0.39 is 0 Å². The van der Waals surface area contributed by atoms with E-state index in [1.807, 2.05) is 31.3 Å². The van der Waals surface area contributed by atoms with Crippen molar-refractivity contribution in [3.63, 3.8) is 0 Å². The third-order valence-corrected chi connectivity index (χ3v) is 5.81. The van der Waals surface area contributed by atoms with Gasteiger partial charge in [0, 0.05) is 23.7 Å². The topological polar surface area (TPSA) is 20.3 Å². The van der Waals surface area contributed by atoms with Crippen LogP contribution in [0.3, 0.4) is 0 Å². The number of fused-ring (bicyclic) bond motifs is 1. The third-order valence-electron chi connectivity index (χ3n) is 4.14. The lowest BCUT2D eigenvalue weighted by atomic mass is 10.0. The fourth-order valence-electron chi connectivity index (χ4n) is 2.68. The fraction of sp³-hybridized carbons (Fsp3) is 0.250. The normalized spacial score (nSPS) is 11.2. The van der Waals surface area contributed by atoms with Crippen molar-refractivity contribution in [1.82, 2.24) is 4.90 Å². The van der Waals surface area contributed by atoms with Crippen LogP contribution in [0.15, 0.2) is 48.5 Å². The molecule has 3 rings (SSSR count). The van der Waals surface area contributed by atoms with Gasteiger partial charge in [0.15, 0.2) is 0 Å². The van der Waals surface area contributed by atoms with E-state index in [4.69, 9.17) is 11.6 Å². The molecule has 0 fully saturated rings. The highest BCUT2D eigenvalue weighted by atomic mass is 35.5. The predicted octanol–water partition coefficient (Wildman–Crippen LogP) is 5.95. The molecule has 0 radical (unpaired) electrons. The first-order valence-corrected chi connectivity index (χ1v) is 9.18. The van der Waals surface area contributed by atoms with E-state index in [2.05, 4.69) is 38.1 Å². The summed E-state index contributed by atoms with van der Waals surface area (Å²) >= 11 is 7.87. The second kappa shape index (κ2) is 6.96. The van der Waals surface area contributed by atoms with Gasteiger partial charge in [-0.05, 0) is 23.1 Å². The summed E-state index contributed by atoms with van der Waals surface area (Å²) in [5.41, 5.74) is 2.42. The molecule has 2 nitrogen and oxygen atoms in total. The molecule has 3 aromatic rings. The Kier molecular flexibility index (Phi) is 4.93. The molecule has 0 saturated heterocycles. The summed E-state index contributed by atoms with van der Waals surface area (Å²) in [6.07, 6.45) is 0. The second-order valence-corrected chi connectivity index (χ2v) is 7.73. The average molecular weight is 358 g/mol. The van der Waals surface area contributed by atoms with Gasteiger partial charge in [-0.15, -0.1) is 11.3 Å². The SMILES string of the molecule is CC(C)c1ccc(CN(C)C(=O)c2sc3ccccc3c2Cl)cc1. The van der Waals surface area contributed by atoms with Gasteiger partial charge in [0.25, 0.3) is 5.91 Å². The molecule has 2 aromatic carbocycles. The Morgan fingerprint density at radius 2 is 1.79 bits per heavy atom. The Morgan fingerprint density at radius 3 is 2.42 bits per heavy atom. The van der Waals surface area contributed by atoms with E-state index in [1.54, 1.807) is 4.90 Å². The quantitative estimate of drug-likeness (QED) is 0.565. The molecular weight excluding hydrogens is 338 g/mol. The molecule has 0 saturated carbocycles. The van der Waals surface area contributed by atoms with Gasteiger partial charge in [-0.2, -0.15) is 0 Å². The van der Waals surface area contributed by atoms with Crippen LogP contribution in [0.2, 0.25) is 5.02 Å². The zero-order valence-electron chi connectivity index (χ0n) is 14.0. The summed E-state index contributed by atoms with van der Waals surface area (Å²) in [7, 11) is 1.82. The molecule has 0 atom stereocenters. The summed E-state index contributed by atoms with van der Waals surface area (Å²) in [5, 5.41) is 1.50. The zero-order valence-corrected chi connectivity index (χ0v) is 15.6. The van der Waals surface area contributed by atoms with Gasteiger partial charge < -0.3 is 4.90 Å². The number of amides is 1. The van der Waals surface area contributed by atoms with Crippen molar-refractivity contribution in [2.24, 2.45) is 0 Å². The van der Waals surface area contributed by atoms with Crippen LogP contribution in [0.4, 0.5) is 0 Å². The lowest BCUT2D eigenvalue weighted by Crippen LogP contribution is -2.25. The monoisotopic (exact) mass is 357 g/mol. The molecule has 0 bridgehead atoms. The molecule has 0 aliphatic heterocycles. The standard InChI is InChI=1S/C20H20ClNOS/c1-13(2)15-10-8-14(9-11-15)12-22(3)20(23)19-18(21)16-6-4-5-7-17(16)24-19/h4-11,13H,12H2,1-3H3. The fourth-order valence-corrected chi connectivity index (χ4v) is 4.19. The Morgan fingerprint density at radius 1 is 1.12 bits per heavy atom. The molecule has 1 aromatic heterocycles. The van der Waals surface area contributed by atoms with Crippen molar-refractivity contribution in [1.29, 1.82) is 0 Å². The molecule has 124 valence electrons. The summed E-state index contributed by atoms with van der Waals surface area (Å²) in [6, 6.07) is 16.3. The van der Waals surface area contributed by atoms with Gasteiger partial charge in [-0.3, -0.25) is 4.79 Å². The van der Waals surface area contributed by atoms with E-state index in [1.165, 1.54) is 16.9 Å². The minimum atomic E-state index is -0.0332. The summed E-state index contributed by atoms with van der Waals surface area (Å²) in [6.45, 7) is 4.92. The Bertz CT molecular complexity index is 867. The minimum absolute atomic E-state index is 0.0332. The number of hydrogen-bond acceptors (Lipinski definition) is 2. The van der Waals surface area contributed by atoms with E-state index in [0.717, 1.165) is 15.6 Å². The summed E-state index contributed by atoms with van der Waals surface area (Å²) < 4.78 is 1.04. The molecule has 0 N–H and O–H groups in total. The number of carbonyl (C=O) groups is 1. The smallest absolute Gasteiger partial charge is 0.265 e. The molecule has 0 spiro atoms. The van der Waals surface area contributed by atoms with E-state index in [-0.39, 0.29) is 5.91 Å². The average Bonchev–Trinajstić information content (AvgIpc) is 2.92. The first-order valence-electron chi connectivity index (χ1n) is 7.98. The summed E-state index contributed by atoms with van der Waals surface area (Å²) in [5.74, 6) is 0.477. The van der Waals surface area contributed by atoms with Gasteiger partial charge >= 0.3 is 0 Å². The molecule has 0 unspecified atom stereocenters. The van der Waals surface area contributed by atoms with Gasteiger partial charge in [0.05, 0.1) is 5.02 Å². The lowest BCUT2D eigenvalue weighted by molar-refractivity contribution is 0.0790. The van der Waals surface area contributed by atoms with Crippen LogP contribution in [0.25, 0.3) is 10.1 Å². The van der Waals surface area contributed by atoms with Gasteiger partial charge in [-0.1, -0.05) is 67.9 Å². The lowest BCUT2D eigenvalue weighted by Gasteiger charge is -2.17. The maximum atomic E-state index is 12.8. The van der Waals surface area contributed by atoms with Crippen LogP contribution < -0.4 is 0 Å². The van der Waals surface area contributed by atoms with Gasteiger partial charge in [0.1, 0.15) is 4.88 Å². The maximum absolute atomic E-state index is 12.8. The Balaban J connectivity index is 1.79. The predicted molar refractivity (Wildman–Crippen MR) is 103 cm³/mol. The first kappa shape index (κ1) is 17.0. The molecule has 0 aliphatic carbocycles. The number of rotatable bonds is 4. The van der Waals surface area contributed by atoms with Crippen LogP contribution in [0.5, 0.6) is 0 Å².